The number of ether oxygens (including phenoxy) is 2. The van der Waals surface area contributed by atoms with Crippen LogP contribution in [0.25, 0.3) is 0 Å². The van der Waals surface area contributed by atoms with E-state index in [-0.39, 0.29) is 24.3 Å². The van der Waals surface area contributed by atoms with Crippen molar-refractivity contribution < 1.29 is 13.9 Å². The molecule has 0 aliphatic carbocycles. The number of benzene rings is 1. The molecule has 0 N–H and O–H groups in total. The predicted molar refractivity (Wildman–Crippen MR) is 50.2 cm³/mol. The average molecular weight is 196 g/mol. The topological polar surface area (TPSA) is 18.5 Å². The Bertz CT molecular complexity index is 300. The van der Waals surface area contributed by atoms with Crippen molar-refractivity contribution in [1.29, 1.82) is 0 Å². The van der Waals surface area contributed by atoms with E-state index in [1.165, 1.54) is 12.1 Å². The van der Waals surface area contributed by atoms with Gasteiger partial charge in [0.1, 0.15) is 5.82 Å². The van der Waals surface area contributed by atoms with Crippen LogP contribution in [0.5, 0.6) is 0 Å². The quantitative estimate of drug-likeness (QED) is 0.687. The highest BCUT2D eigenvalue weighted by Gasteiger charge is 2.30. The van der Waals surface area contributed by atoms with Crippen molar-refractivity contribution >= 4 is 0 Å². The van der Waals surface area contributed by atoms with Gasteiger partial charge < -0.3 is 9.47 Å². The molecule has 1 fully saturated rings. The molecule has 1 saturated heterocycles. The fraction of sp³-hybridized carbons (Fsp3) is 0.455. The lowest BCUT2D eigenvalue weighted by molar-refractivity contribution is -0.0653. The fourth-order valence-electron chi connectivity index (χ4n) is 1.42. The molecular weight excluding hydrogens is 183 g/mol. The van der Waals surface area contributed by atoms with E-state index in [0.29, 0.717) is 0 Å². The van der Waals surface area contributed by atoms with E-state index >= 15 is 0 Å². The minimum Gasteiger partial charge on any atom is -0.343 e. The van der Waals surface area contributed by atoms with Gasteiger partial charge in [-0.1, -0.05) is 12.1 Å². The molecule has 2 rings (SSSR count). The zero-order valence-corrected chi connectivity index (χ0v) is 8.24. The van der Waals surface area contributed by atoms with Crippen LogP contribution in [0.15, 0.2) is 24.3 Å². The smallest absolute Gasteiger partial charge is 0.184 e. The van der Waals surface area contributed by atoms with Gasteiger partial charge in [-0.05, 0) is 26.0 Å². The molecule has 14 heavy (non-hydrogen) atoms. The summed E-state index contributed by atoms with van der Waals surface area (Å²) in [6.07, 6.45) is -0.171. The van der Waals surface area contributed by atoms with Crippen molar-refractivity contribution in [3.05, 3.63) is 35.6 Å². The molecule has 0 aromatic heterocycles. The van der Waals surface area contributed by atoms with Gasteiger partial charge in [0, 0.05) is 5.56 Å². The first-order chi connectivity index (χ1) is 6.66. The summed E-state index contributed by atoms with van der Waals surface area (Å²) in [6, 6.07) is 6.20. The number of hydrogen-bond acceptors (Lipinski definition) is 2. The number of hydrogen-bond donors (Lipinski definition) is 0. The first kappa shape index (κ1) is 9.62. The van der Waals surface area contributed by atoms with Gasteiger partial charge in [-0.15, -0.1) is 0 Å². The Hall–Kier alpha value is -0.930. The van der Waals surface area contributed by atoms with Crippen molar-refractivity contribution in [2.45, 2.75) is 32.3 Å². The second-order valence-electron chi connectivity index (χ2n) is 3.57. The van der Waals surface area contributed by atoms with E-state index in [1.807, 2.05) is 13.8 Å². The standard InChI is InChI=1S/C11H13FO2/c1-7-8(2)14-11(13-7)9-3-5-10(12)6-4-9/h3-8,11H,1-2H3/t7-,8-/m1/s1. The molecule has 0 saturated carbocycles. The highest BCUT2D eigenvalue weighted by molar-refractivity contribution is 5.17. The van der Waals surface area contributed by atoms with Crippen LogP contribution >= 0.6 is 0 Å². The lowest BCUT2D eigenvalue weighted by atomic mass is 10.2. The van der Waals surface area contributed by atoms with Gasteiger partial charge >= 0.3 is 0 Å². The Morgan fingerprint density at radius 3 is 2.00 bits per heavy atom. The van der Waals surface area contributed by atoms with Gasteiger partial charge in [0.25, 0.3) is 0 Å². The minimum absolute atomic E-state index is 0.0880. The second-order valence-corrected chi connectivity index (χ2v) is 3.57. The lowest BCUT2D eigenvalue weighted by Gasteiger charge is -2.09. The summed E-state index contributed by atoms with van der Waals surface area (Å²) >= 11 is 0. The van der Waals surface area contributed by atoms with Gasteiger partial charge in [-0.3, -0.25) is 0 Å². The summed E-state index contributed by atoms with van der Waals surface area (Å²) in [5, 5.41) is 0. The van der Waals surface area contributed by atoms with Crippen LogP contribution in [0.3, 0.4) is 0 Å². The molecule has 0 bridgehead atoms. The number of rotatable bonds is 1. The molecule has 76 valence electrons. The number of halogens is 1. The Kier molecular flexibility index (Phi) is 2.52. The van der Waals surface area contributed by atoms with E-state index in [0.717, 1.165) is 5.56 Å². The summed E-state index contributed by atoms with van der Waals surface area (Å²) in [6.45, 7) is 3.93. The van der Waals surface area contributed by atoms with Crippen LogP contribution in [0.2, 0.25) is 0 Å². The molecule has 1 aromatic rings. The molecule has 1 aromatic carbocycles. The third kappa shape index (κ3) is 1.79. The van der Waals surface area contributed by atoms with Crippen molar-refractivity contribution in [3.8, 4) is 0 Å². The minimum atomic E-state index is -0.347. The highest BCUT2D eigenvalue weighted by Crippen LogP contribution is 2.30. The summed E-state index contributed by atoms with van der Waals surface area (Å²) in [7, 11) is 0. The molecule has 1 aliphatic heterocycles. The molecule has 0 radical (unpaired) electrons. The third-order valence-electron chi connectivity index (χ3n) is 2.48. The molecule has 2 atom stereocenters. The van der Waals surface area contributed by atoms with Crippen molar-refractivity contribution in [1.82, 2.24) is 0 Å². The molecule has 2 nitrogen and oxygen atoms in total. The van der Waals surface area contributed by atoms with E-state index in [4.69, 9.17) is 9.47 Å². The summed E-state index contributed by atoms with van der Waals surface area (Å²) in [4.78, 5) is 0. The van der Waals surface area contributed by atoms with Crippen molar-refractivity contribution in [3.63, 3.8) is 0 Å². The summed E-state index contributed by atoms with van der Waals surface area (Å²) in [5.41, 5.74) is 0.864. The molecule has 0 unspecified atom stereocenters. The van der Waals surface area contributed by atoms with E-state index < -0.39 is 0 Å². The van der Waals surface area contributed by atoms with Crippen LogP contribution in [-0.2, 0) is 9.47 Å². The van der Waals surface area contributed by atoms with Gasteiger partial charge in [0.2, 0.25) is 0 Å². The van der Waals surface area contributed by atoms with Gasteiger partial charge in [0.15, 0.2) is 6.29 Å². The SMILES string of the molecule is C[C@H]1OC(c2ccc(F)cc2)O[C@@H]1C. The largest absolute Gasteiger partial charge is 0.343 e. The van der Waals surface area contributed by atoms with Gasteiger partial charge in [-0.2, -0.15) is 0 Å². The van der Waals surface area contributed by atoms with Gasteiger partial charge in [-0.25, -0.2) is 4.39 Å². The molecule has 3 heteroatoms. The molecule has 0 spiro atoms. The Morgan fingerprint density at radius 1 is 1.00 bits per heavy atom. The first-order valence-corrected chi connectivity index (χ1v) is 4.73. The molecular formula is C11H13FO2. The van der Waals surface area contributed by atoms with Crippen LogP contribution in [0.1, 0.15) is 25.7 Å². The zero-order chi connectivity index (χ0) is 10.1. The summed E-state index contributed by atoms with van der Waals surface area (Å²) in [5.74, 6) is -0.243. The van der Waals surface area contributed by atoms with Crippen molar-refractivity contribution in [2.75, 3.05) is 0 Å². The van der Waals surface area contributed by atoms with Crippen molar-refractivity contribution in [2.24, 2.45) is 0 Å². The van der Waals surface area contributed by atoms with Gasteiger partial charge in [0.05, 0.1) is 12.2 Å². The second kappa shape index (κ2) is 3.67. The van der Waals surface area contributed by atoms with E-state index in [1.54, 1.807) is 12.1 Å². The van der Waals surface area contributed by atoms with E-state index in [9.17, 15) is 4.39 Å². The monoisotopic (exact) mass is 196 g/mol. The Morgan fingerprint density at radius 2 is 1.50 bits per heavy atom. The Labute approximate surface area is 82.6 Å². The van der Waals surface area contributed by atoms with Crippen LogP contribution in [0.4, 0.5) is 4.39 Å². The normalized spacial score (nSPS) is 28.2. The average Bonchev–Trinajstić information content (AvgIpc) is 2.48. The van der Waals surface area contributed by atoms with E-state index in [2.05, 4.69) is 0 Å². The molecule has 1 aliphatic rings. The maximum Gasteiger partial charge on any atom is 0.184 e. The molecule has 1 heterocycles. The molecule has 0 amide bonds. The third-order valence-corrected chi connectivity index (χ3v) is 2.48. The van der Waals surface area contributed by atoms with Crippen LogP contribution in [0, 0.1) is 5.82 Å². The van der Waals surface area contributed by atoms with Crippen LogP contribution in [-0.4, -0.2) is 12.2 Å². The zero-order valence-electron chi connectivity index (χ0n) is 8.24. The first-order valence-electron chi connectivity index (χ1n) is 4.73. The highest BCUT2D eigenvalue weighted by atomic mass is 19.1. The Balaban J connectivity index is 2.13. The van der Waals surface area contributed by atoms with Crippen LogP contribution < -0.4 is 0 Å². The fourth-order valence-corrected chi connectivity index (χ4v) is 1.42. The maximum absolute atomic E-state index is 12.6. The summed E-state index contributed by atoms with van der Waals surface area (Å²) < 4.78 is 23.8. The lowest BCUT2D eigenvalue weighted by Crippen LogP contribution is -2.13. The predicted octanol–water partition coefficient (Wildman–Crippen LogP) is 2.65. The maximum atomic E-state index is 12.6.